The Bertz CT molecular complexity index is 752. The Labute approximate surface area is 128 Å². The second kappa shape index (κ2) is 6.30. The highest BCUT2D eigenvalue weighted by Crippen LogP contribution is 2.28. The molecule has 0 aliphatic rings. The molecule has 3 aromatic rings. The first-order chi connectivity index (χ1) is 10.4. The molecule has 0 fully saturated rings. The molecule has 2 heteroatoms. The van der Waals surface area contributed by atoms with E-state index < -0.39 is 0 Å². The van der Waals surface area contributed by atoms with Gasteiger partial charge in [-0.15, -0.1) is 6.42 Å². The van der Waals surface area contributed by atoms with Crippen LogP contribution in [0.15, 0.2) is 65.4 Å². The van der Waals surface area contributed by atoms with Gasteiger partial charge in [0.2, 0.25) is 0 Å². The van der Waals surface area contributed by atoms with E-state index in [4.69, 9.17) is 11.2 Å². The van der Waals surface area contributed by atoms with Crippen LogP contribution in [0.2, 0.25) is 0 Å². The van der Waals surface area contributed by atoms with E-state index in [0.29, 0.717) is 6.61 Å². The first-order valence-electron chi connectivity index (χ1n) is 6.67. The van der Waals surface area contributed by atoms with Crippen molar-refractivity contribution in [1.82, 2.24) is 0 Å². The van der Waals surface area contributed by atoms with Gasteiger partial charge in [0, 0.05) is 5.56 Å². The second-order valence-corrected chi connectivity index (χ2v) is 5.42. The van der Waals surface area contributed by atoms with E-state index in [9.17, 15) is 0 Å². The zero-order valence-corrected chi connectivity index (χ0v) is 12.3. The summed E-state index contributed by atoms with van der Waals surface area (Å²) in [6.45, 7) is 0.544. The SMILES string of the molecule is C#Cc1cc(OCc2ccccc2)ccc1-c1ccsc1. The molecule has 0 bridgehead atoms. The standard InChI is InChI=1S/C19H14OS/c1-2-16-12-18(20-13-15-6-4-3-5-7-15)8-9-19(16)17-10-11-21-14-17/h1,3-12,14H,13H2. The Morgan fingerprint density at radius 1 is 1.05 bits per heavy atom. The minimum atomic E-state index is 0.544. The van der Waals surface area contributed by atoms with Crippen LogP contribution in [-0.4, -0.2) is 0 Å². The van der Waals surface area contributed by atoms with Crippen molar-refractivity contribution in [3.8, 4) is 29.2 Å². The highest BCUT2D eigenvalue weighted by molar-refractivity contribution is 7.08. The monoisotopic (exact) mass is 290 g/mol. The van der Waals surface area contributed by atoms with Crippen molar-refractivity contribution in [2.45, 2.75) is 6.61 Å². The molecule has 0 N–H and O–H groups in total. The van der Waals surface area contributed by atoms with Crippen LogP contribution < -0.4 is 4.74 Å². The van der Waals surface area contributed by atoms with Gasteiger partial charge in [-0.25, -0.2) is 0 Å². The Kier molecular flexibility index (Phi) is 4.04. The van der Waals surface area contributed by atoms with Crippen LogP contribution in [-0.2, 0) is 6.61 Å². The average Bonchev–Trinajstić information content (AvgIpc) is 3.08. The molecule has 21 heavy (non-hydrogen) atoms. The zero-order chi connectivity index (χ0) is 14.5. The second-order valence-electron chi connectivity index (χ2n) is 4.64. The number of ether oxygens (including phenoxy) is 1. The van der Waals surface area contributed by atoms with E-state index in [0.717, 1.165) is 28.0 Å². The van der Waals surface area contributed by atoms with Gasteiger partial charge in [0.05, 0.1) is 0 Å². The van der Waals surface area contributed by atoms with Crippen molar-refractivity contribution in [1.29, 1.82) is 0 Å². The van der Waals surface area contributed by atoms with Gasteiger partial charge in [-0.1, -0.05) is 36.3 Å². The molecular formula is C19H14OS. The maximum atomic E-state index is 5.81. The van der Waals surface area contributed by atoms with Crippen molar-refractivity contribution in [3.05, 3.63) is 76.5 Å². The Balaban J connectivity index is 1.80. The summed E-state index contributed by atoms with van der Waals surface area (Å²) in [5, 5.41) is 4.15. The third kappa shape index (κ3) is 3.16. The summed E-state index contributed by atoms with van der Waals surface area (Å²) in [6, 6.07) is 18.1. The van der Waals surface area contributed by atoms with Crippen molar-refractivity contribution < 1.29 is 4.74 Å². The molecule has 0 unspecified atom stereocenters. The van der Waals surface area contributed by atoms with E-state index in [1.807, 2.05) is 48.5 Å². The fraction of sp³-hybridized carbons (Fsp3) is 0.0526. The predicted octanol–water partition coefficient (Wildman–Crippen LogP) is 4.98. The van der Waals surface area contributed by atoms with Gasteiger partial charge in [-0.3, -0.25) is 0 Å². The number of terminal acetylenes is 1. The molecule has 0 aliphatic carbocycles. The van der Waals surface area contributed by atoms with E-state index in [-0.39, 0.29) is 0 Å². The topological polar surface area (TPSA) is 9.23 Å². The van der Waals surface area contributed by atoms with Gasteiger partial charge >= 0.3 is 0 Å². The lowest BCUT2D eigenvalue weighted by Gasteiger charge is -2.09. The molecule has 1 heterocycles. The highest BCUT2D eigenvalue weighted by atomic mass is 32.1. The normalized spacial score (nSPS) is 10.0. The Morgan fingerprint density at radius 2 is 1.90 bits per heavy atom. The number of thiophene rings is 1. The Morgan fingerprint density at radius 3 is 2.62 bits per heavy atom. The summed E-state index contributed by atoms with van der Waals surface area (Å²) in [7, 11) is 0. The molecule has 0 atom stereocenters. The summed E-state index contributed by atoms with van der Waals surface area (Å²) in [5.74, 6) is 3.54. The van der Waals surface area contributed by atoms with E-state index in [2.05, 4.69) is 22.7 Å². The molecule has 0 saturated heterocycles. The first kappa shape index (κ1) is 13.5. The number of benzene rings is 2. The third-order valence-electron chi connectivity index (χ3n) is 3.23. The van der Waals surface area contributed by atoms with Crippen LogP contribution in [0.3, 0.4) is 0 Å². The number of hydrogen-bond donors (Lipinski definition) is 0. The van der Waals surface area contributed by atoms with Crippen molar-refractivity contribution in [2.24, 2.45) is 0 Å². The molecule has 0 saturated carbocycles. The van der Waals surface area contributed by atoms with Gasteiger partial charge in [-0.05, 0) is 51.7 Å². The quantitative estimate of drug-likeness (QED) is 0.616. The summed E-state index contributed by atoms with van der Waals surface area (Å²) in [4.78, 5) is 0. The maximum absolute atomic E-state index is 5.81. The minimum absolute atomic E-state index is 0.544. The van der Waals surface area contributed by atoms with Gasteiger partial charge in [-0.2, -0.15) is 11.3 Å². The lowest BCUT2D eigenvalue weighted by atomic mass is 10.0. The molecule has 3 rings (SSSR count). The van der Waals surface area contributed by atoms with Crippen molar-refractivity contribution in [2.75, 3.05) is 0 Å². The van der Waals surface area contributed by atoms with Crippen LogP contribution in [0.4, 0.5) is 0 Å². The van der Waals surface area contributed by atoms with Crippen LogP contribution in [0.1, 0.15) is 11.1 Å². The first-order valence-corrected chi connectivity index (χ1v) is 7.61. The molecule has 2 aromatic carbocycles. The summed E-state index contributed by atoms with van der Waals surface area (Å²) < 4.78 is 5.81. The summed E-state index contributed by atoms with van der Waals surface area (Å²) in [5.41, 5.74) is 4.23. The van der Waals surface area contributed by atoms with E-state index in [1.165, 1.54) is 0 Å². The van der Waals surface area contributed by atoms with Crippen molar-refractivity contribution >= 4 is 11.3 Å². The maximum Gasteiger partial charge on any atom is 0.121 e. The minimum Gasteiger partial charge on any atom is -0.489 e. The predicted molar refractivity (Wildman–Crippen MR) is 88.5 cm³/mol. The van der Waals surface area contributed by atoms with Crippen LogP contribution in [0.25, 0.3) is 11.1 Å². The fourth-order valence-corrected chi connectivity index (χ4v) is 2.80. The molecule has 0 spiro atoms. The molecule has 1 aromatic heterocycles. The summed E-state index contributed by atoms with van der Waals surface area (Å²) >= 11 is 1.67. The van der Waals surface area contributed by atoms with Gasteiger partial charge in [0.15, 0.2) is 0 Å². The largest absolute Gasteiger partial charge is 0.489 e. The lowest BCUT2D eigenvalue weighted by molar-refractivity contribution is 0.306. The molecule has 0 radical (unpaired) electrons. The van der Waals surface area contributed by atoms with Crippen LogP contribution in [0, 0.1) is 12.3 Å². The molecule has 102 valence electrons. The molecule has 0 amide bonds. The van der Waals surface area contributed by atoms with Gasteiger partial charge in [0.1, 0.15) is 12.4 Å². The third-order valence-corrected chi connectivity index (χ3v) is 3.91. The van der Waals surface area contributed by atoms with Crippen LogP contribution >= 0.6 is 11.3 Å². The van der Waals surface area contributed by atoms with Crippen LogP contribution in [0.5, 0.6) is 5.75 Å². The van der Waals surface area contributed by atoms with E-state index >= 15 is 0 Å². The van der Waals surface area contributed by atoms with Crippen molar-refractivity contribution in [3.63, 3.8) is 0 Å². The Hall–Kier alpha value is -2.50. The number of hydrogen-bond acceptors (Lipinski definition) is 2. The lowest BCUT2D eigenvalue weighted by Crippen LogP contribution is -1.95. The zero-order valence-electron chi connectivity index (χ0n) is 11.5. The van der Waals surface area contributed by atoms with E-state index in [1.54, 1.807) is 11.3 Å². The van der Waals surface area contributed by atoms with Gasteiger partial charge < -0.3 is 4.74 Å². The molecular weight excluding hydrogens is 276 g/mol. The van der Waals surface area contributed by atoms with Gasteiger partial charge in [0.25, 0.3) is 0 Å². The fourth-order valence-electron chi connectivity index (χ4n) is 2.14. The molecule has 0 aliphatic heterocycles. The average molecular weight is 290 g/mol. The number of rotatable bonds is 4. The summed E-state index contributed by atoms with van der Waals surface area (Å²) in [6.07, 6.45) is 5.63. The smallest absolute Gasteiger partial charge is 0.121 e. The molecule has 1 nitrogen and oxygen atoms in total. The highest BCUT2D eigenvalue weighted by Gasteiger charge is 2.06.